The summed E-state index contributed by atoms with van der Waals surface area (Å²) < 4.78 is 5.71. The molecule has 1 aromatic rings. The number of benzene rings is 1. The maximum Gasteiger partial charge on any atom is 0.134 e. The molecule has 2 nitrogen and oxygen atoms in total. The van der Waals surface area contributed by atoms with Gasteiger partial charge in [0.25, 0.3) is 0 Å². The second-order valence-electron chi connectivity index (χ2n) is 3.39. The van der Waals surface area contributed by atoms with E-state index < -0.39 is 0 Å². The number of aliphatic hydroxyl groups is 1. The van der Waals surface area contributed by atoms with E-state index in [0.29, 0.717) is 0 Å². The summed E-state index contributed by atoms with van der Waals surface area (Å²) in [6.45, 7) is 1.97. The molecule has 2 rings (SSSR count). The molecule has 0 amide bonds. The van der Waals surface area contributed by atoms with Crippen molar-refractivity contribution in [2.24, 2.45) is 0 Å². The lowest BCUT2D eigenvalue weighted by atomic mass is 10.2. The normalized spacial score (nSPS) is 22.3. The molecule has 3 heteroatoms. The molecule has 1 aromatic carbocycles. The number of hydrogen-bond donors (Lipinski definition) is 1. The van der Waals surface area contributed by atoms with E-state index >= 15 is 0 Å². The first-order chi connectivity index (χ1) is 6.81. The van der Waals surface area contributed by atoms with Crippen LogP contribution in [-0.2, 0) is 0 Å². The third-order valence-electron chi connectivity index (χ3n) is 2.38. The second-order valence-corrected chi connectivity index (χ2v) is 4.45. The first-order valence-corrected chi connectivity index (χ1v) is 5.86. The molecule has 1 aliphatic rings. The maximum atomic E-state index is 9.67. The van der Waals surface area contributed by atoms with Crippen molar-refractivity contribution in [2.75, 3.05) is 5.75 Å². The summed E-state index contributed by atoms with van der Waals surface area (Å²) in [5.41, 5.74) is 0. The third kappa shape index (κ3) is 1.88. The van der Waals surface area contributed by atoms with Gasteiger partial charge in [-0.3, -0.25) is 0 Å². The Morgan fingerprint density at radius 1 is 1.57 bits per heavy atom. The fraction of sp³-hybridized carbons (Fsp3) is 0.455. The molecule has 0 saturated carbocycles. The lowest BCUT2D eigenvalue weighted by Crippen LogP contribution is -2.35. The summed E-state index contributed by atoms with van der Waals surface area (Å²) in [5, 5.41) is 9.67. The second kappa shape index (κ2) is 4.24. The van der Waals surface area contributed by atoms with Crippen LogP contribution >= 0.6 is 11.8 Å². The Hall–Kier alpha value is -0.670. The van der Waals surface area contributed by atoms with Gasteiger partial charge in [0.2, 0.25) is 0 Å². The lowest BCUT2D eigenvalue weighted by Gasteiger charge is -2.28. The third-order valence-corrected chi connectivity index (χ3v) is 3.52. The summed E-state index contributed by atoms with van der Waals surface area (Å²) in [6, 6.07) is 7.97. The highest BCUT2D eigenvalue weighted by Gasteiger charge is 2.25. The quantitative estimate of drug-likeness (QED) is 0.812. The Balaban J connectivity index is 2.13. The van der Waals surface area contributed by atoms with Crippen LogP contribution in [0.4, 0.5) is 0 Å². The van der Waals surface area contributed by atoms with E-state index in [-0.39, 0.29) is 12.2 Å². The number of fused-ring (bicyclic) bond motifs is 1. The van der Waals surface area contributed by atoms with Gasteiger partial charge in [-0.25, -0.2) is 0 Å². The Bertz CT molecular complexity index is 314. The Kier molecular flexibility index (Phi) is 2.99. The molecule has 1 N–H and O–H groups in total. The van der Waals surface area contributed by atoms with Crippen molar-refractivity contribution in [3.8, 4) is 5.75 Å². The van der Waals surface area contributed by atoms with Gasteiger partial charge in [-0.15, -0.1) is 11.8 Å². The van der Waals surface area contributed by atoms with Gasteiger partial charge in [0.15, 0.2) is 0 Å². The minimum Gasteiger partial charge on any atom is -0.486 e. The first kappa shape index (κ1) is 9.87. The molecule has 0 aliphatic carbocycles. The van der Waals surface area contributed by atoms with E-state index in [2.05, 4.69) is 6.07 Å². The Morgan fingerprint density at radius 3 is 3.14 bits per heavy atom. The zero-order chi connectivity index (χ0) is 9.97. The molecule has 14 heavy (non-hydrogen) atoms. The lowest BCUT2D eigenvalue weighted by molar-refractivity contribution is 0.0441. The van der Waals surface area contributed by atoms with Crippen LogP contribution in [0.15, 0.2) is 29.2 Å². The van der Waals surface area contributed by atoms with Crippen LogP contribution in [0.25, 0.3) is 0 Å². The van der Waals surface area contributed by atoms with Crippen molar-refractivity contribution in [2.45, 2.75) is 30.4 Å². The van der Waals surface area contributed by atoms with Crippen molar-refractivity contribution in [1.29, 1.82) is 0 Å². The highest BCUT2D eigenvalue weighted by molar-refractivity contribution is 7.99. The van der Waals surface area contributed by atoms with Crippen molar-refractivity contribution >= 4 is 11.8 Å². The predicted octanol–water partition coefficient (Wildman–Crippen LogP) is 2.31. The van der Waals surface area contributed by atoms with Gasteiger partial charge in [-0.05, 0) is 18.6 Å². The average molecular weight is 210 g/mol. The molecular weight excluding hydrogens is 196 g/mol. The average Bonchev–Trinajstić information content (AvgIpc) is 2.27. The summed E-state index contributed by atoms with van der Waals surface area (Å²) >= 11 is 1.76. The number of para-hydroxylation sites is 1. The number of aliphatic hydroxyl groups excluding tert-OH is 1. The molecular formula is C11H14O2S. The molecule has 0 fully saturated rings. The summed E-state index contributed by atoms with van der Waals surface area (Å²) in [4.78, 5) is 1.17. The summed E-state index contributed by atoms with van der Waals surface area (Å²) in [6.07, 6.45) is 0.337. The molecule has 0 saturated heterocycles. The monoisotopic (exact) mass is 210 g/mol. The number of rotatable bonds is 2. The molecule has 0 bridgehead atoms. The molecule has 0 spiro atoms. The SMILES string of the molecule is CCC(O)C1CSc2ccccc2O1. The smallest absolute Gasteiger partial charge is 0.134 e. The maximum absolute atomic E-state index is 9.67. The van der Waals surface area contributed by atoms with E-state index in [1.807, 2.05) is 25.1 Å². The van der Waals surface area contributed by atoms with Gasteiger partial charge in [0.1, 0.15) is 11.9 Å². The minimum atomic E-state index is -0.351. The molecule has 0 aromatic heterocycles. The highest BCUT2D eigenvalue weighted by Crippen LogP contribution is 2.35. The van der Waals surface area contributed by atoms with Crippen LogP contribution in [0.3, 0.4) is 0 Å². The molecule has 2 unspecified atom stereocenters. The summed E-state index contributed by atoms with van der Waals surface area (Å²) in [5.74, 6) is 1.74. The van der Waals surface area contributed by atoms with Crippen LogP contribution in [0, 0.1) is 0 Å². The molecule has 76 valence electrons. The van der Waals surface area contributed by atoms with E-state index in [0.717, 1.165) is 17.9 Å². The van der Waals surface area contributed by atoms with Gasteiger partial charge in [0.05, 0.1) is 6.10 Å². The molecule has 2 atom stereocenters. The Morgan fingerprint density at radius 2 is 2.36 bits per heavy atom. The van der Waals surface area contributed by atoms with Crippen LogP contribution in [-0.4, -0.2) is 23.1 Å². The van der Waals surface area contributed by atoms with E-state index in [9.17, 15) is 5.11 Å². The number of hydrogen-bond acceptors (Lipinski definition) is 3. The van der Waals surface area contributed by atoms with Crippen molar-refractivity contribution in [1.82, 2.24) is 0 Å². The predicted molar refractivity (Wildman–Crippen MR) is 57.9 cm³/mol. The zero-order valence-electron chi connectivity index (χ0n) is 8.14. The fourth-order valence-electron chi connectivity index (χ4n) is 1.49. The molecule has 1 heterocycles. The fourth-order valence-corrected chi connectivity index (χ4v) is 2.56. The van der Waals surface area contributed by atoms with Crippen LogP contribution < -0.4 is 4.74 Å². The van der Waals surface area contributed by atoms with Crippen LogP contribution in [0.2, 0.25) is 0 Å². The number of ether oxygens (including phenoxy) is 1. The molecule has 0 radical (unpaired) electrons. The van der Waals surface area contributed by atoms with Crippen LogP contribution in [0.5, 0.6) is 5.75 Å². The van der Waals surface area contributed by atoms with E-state index in [1.54, 1.807) is 11.8 Å². The van der Waals surface area contributed by atoms with Crippen molar-refractivity contribution in [3.63, 3.8) is 0 Å². The standard InChI is InChI=1S/C11H14O2S/c1-2-8(12)10-7-14-11-6-4-3-5-9(11)13-10/h3-6,8,10,12H,2,7H2,1H3. The van der Waals surface area contributed by atoms with Crippen molar-refractivity contribution < 1.29 is 9.84 Å². The van der Waals surface area contributed by atoms with Gasteiger partial charge in [-0.1, -0.05) is 19.1 Å². The summed E-state index contributed by atoms with van der Waals surface area (Å²) in [7, 11) is 0. The topological polar surface area (TPSA) is 29.5 Å². The first-order valence-electron chi connectivity index (χ1n) is 4.88. The van der Waals surface area contributed by atoms with Crippen LogP contribution in [0.1, 0.15) is 13.3 Å². The van der Waals surface area contributed by atoms with Gasteiger partial charge < -0.3 is 9.84 Å². The largest absolute Gasteiger partial charge is 0.486 e. The minimum absolute atomic E-state index is 0.0556. The molecule has 1 aliphatic heterocycles. The highest BCUT2D eigenvalue weighted by atomic mass is 32.2. The van der Waals surface area contributed by atoms with E-state index in [1.165, 1.54) is 4.90 Å². The van der Waals surface area contributed by atoms with Gasteiger partial charge >= 0.3 is 0 Å². The Labute approximate surface area is 88.3 Å². The van der Waals surface area contributed by atoms with Gasteiger partial charge in [0, 0.05) is 10.6 Å². The zero-order valence-corrected chi connectivity index (χ0v) is 8.96. The van der Waals surface area contributed by atoms with E-state index in [4.69, 9.17) is 4.74 Å². The van der Waals surface area contributed by atoms with Gasteiger partial charge in [-0.2, -0.15) is 0 Å². The van der Waals surface area contributed by atoms with Crippen molar-refractivity contribution in [3.05, 3.63) is 24.3 Å². The number of thioether (sulfide) groups is 1.